The second-order valence-electron chi connectivity index (χ2n) is 6.83. The summed E-state index contributed by atoms with van der Waals surface area (Å²) in [5.74, 6) is 0. The number of hydrogen-bond donors (Lipinski definition) is 1. The molecule has 19 heavy (non-hydrogen) atoms. The van der Waals surface area contributed by atoms with Crippen LogP contribution in [0.4, 0.5) is 0 Å². The largest absolute Gasteiger partial charge is 0.298 e. The lowest BCUT2D eigenvalue weighted by molar-refractivity contribution is 0.0992. The maximum absolute atomic E-state index is 9.38. The van der Waals surface area contributed by atoms with Crippen LogP contribution in [0.2, 0.25) is 0 Å². The van der Waals surface area contributed by atoms with Gasteiger partial charge in [-0.1, -0.05) is 6.42 Å². The average molecular weight is 263 g/mol. The molecule has 0 aromatic heterocycles. The zero-order valence-electron chi connectivity index (χ0n) is 12.8. The molecule has 1 N–H and O–H groups in total. The molecule has 1 heterocycles. The van der Waals surface area contributed by atoms with Crippen LogP contribution in [-0.4, -0.2) is 35.1 Å². The standard InChI is InChI=1S/C16H29N3/c1-13-6-4-7-14(2)19(13)11-5-10-16(3,12-17)18-15-8-9-15/h13-15,18H,4-11H2,1-3H3/t13-,14+,16?. The maximum atomic E-state index is 9.38. The maximum Gasteiger partial charge on any atom is 0.104 e. The molecule has 1 aliphatic heterocycles. The quantitative estimate of drug-likeness (QED) is 0.800. The summed E-state index contributed by atoms with van der Waals surface area (Å²) in [6.45, 7) is 7.91. The summed E-state index contributed by atoms with van der Waals surface area (Å²) in [7, 11) is 0. The van der Waals surface area contributed by atoms with Crippen molar-refractivity contribution in [2.24, 2.45) is 0 Å². The van der Waals surface area contributed by atoms with Crippen molar-refractivity contribution in [1.29, 1.82) is 5.26 Å². The van der Waals surface area contributed by atoms with E-state index in [1.807, 2.05) is 0 Å². The predicted octanol–water partition coefficient (Wildman–Crippen LogP) is 3.06. The third kappa shape index (κ3) is 4.19. The van der Waals surface area contributed by atoms with E-state index in [2.05, 4.69) is 37.1 Å². The number of nitrogens with one attached hydrogen (secondary N) is 1. The van der Waals surface area contributed by atoms with Crippen LogP contribution in [0.15, 0.2) is 0 Å². The summed E-state index contributed by atoms with van der Waals surface area (Å²) in [4.78, 5) is 2.64. The van der Waals surface area contributed by atoms with E-state index >= 15 is 0 Å². The Balaban J connectivity index is 1.76. The van der Waals surface area contributed by atoms with Gasteiger partial charge in [-0.2, -0.15) is 5.26 Å². The van der Waals surface area contributed by atoms with Crippen LogP contribution in [0.1, 0.15) is 65.7 Å². The van der Waals surface area contributed by atoms with Crippen LogP contribution in [0, 0.1) is 11.3 Å². The van der Waals surface area contributed by atoms with Gasteiger partial charge in [0.15, 0.2) is 0 Å². The monoisotopic (exact) mass is 263 g/mol. The van der Waals surface area contributed by atoms with Gasteiger partial charge in [0.25, 0.3) is 0 Å². The molecule has 1 unspecified atom stereocenters. The zero-order chi connectivity index (χ0) is 13.9. The van der Waals surface area contributed by atoms with E-state index in [1.165, 1.54) is 32.1 Å². The molecule has 1 aliphatic carbocycles. The van der Waals surface area contributed by atoms with Crippen molar-refractivity contribution in [3.63, 3.8) is 0 Å². The first-order chi connectivity index (χ1) is 9.04. The SMILES string of the molecule is C[C@@H]1CCC[C@H](C)N1CCCC(C)(C#N)NC1CC1. The number of nitrogens with zero attached hydrogens (tertiary/aromatic N) is 2. The number of piperidine rings is 1. The average Bonchev–Trinajstić information content (AvgIpc) is 3.17. The van der Waals surface area contributed by atoms with E-state index in [-0.39, 0.29) is 5.54 Å². The summed E-state index contributed by atoms with van der Waals surface area (Å²) >= 11 is 0. The van der Waals surface area contributed by atoms with Crippen molar-refractivity contribution in [2.45, 2.75) is 89.4 Å². The van der Waals surface area contributed by atoms with Gasteiger partial charge in [-0.3, -0.25) is 10.2 Å². The Morgan fingerprint density at radius 2 is 1.84 bits per heavy atom. The molecule has 3 heteroatoms. The van der Waals surface area contributed by atoms with Gasteiger partial charge in [-0.25, -0.2) is 0 Å². The van der Waals surface area contributed by atoms with Crippen LogP contribution < -0.4 is 5.32 Å². The van der Waals surface area contributed by atoms with Gasteiger partial charge in [-0.15, -0.1) is 0 Å². The first kappa shape index (κ1) is 14.8. The van der Waals surface area contributed by atoms with E-state index < -0.39 is 0 Å². The lowest BCUT2D eigenvalue weighted by Gasteiger charge is -2.39. The summed E-state index contributed by atoms with van der Waals surface area (Å²) in [6.07, 6.45) is 8.63. The van der Waals surface area contributed by atoms with Crippen LogP contribution in [-0.2, 0) is 0 Å². The Kier molecular flexibility index (Phi) is 4.86. The normalized spacial score (nSPS) is 31.7. The Bertz CT molecular complexity index is 321. The van der Waals surface area contributed by atoms with E-state index in [1.54, 1.807) is 0 Å². The molecule has 1 saturated heterocycles. The minimum atomic E-state index is -0.316. The minimum Gasteiger partial charge on any atom is -0.298 e. The van der Waals surface area contributed by atoms with Crippen LogP contribution in [0.25, 0.3) is 0 Å². The van der Waals surface area contributed by atoms with Crippen molar-refractivity contribution in [1.82, 2.24) is 10.2 Å². The molecule has 0 spiro atoms. The molecule has 2 rings (SSSR count). The smallest absolute Gasteiger partial charge is 0.104 e. The van der Waals surface area contributed by atoms with Gasteiger partial charge in [0, 0.05) is 18.1 Å². The molecule has 1 saturated carbocycles. The number of nitriles is 1. The lowest BCUT2D eigenvalue weighted by Crippen LogP contribution is -2.46. The van der Waals surface area contributed by atoms with E-state index in [9.17, 15) is 5.26 Å². The fourth-order valence-electron chi connectivity index (χ4n) is 3.37. The van der Waals surface area contributed by atoms with Crippen molar-refractivity contribution < 1.29 is 0 Å². The molecule has 3 atom stereocenters. The number of likely N-dealkylation sites (tertiary alicyclic amines) is 1. The highest BCUT2D eigenvalue weighted by Gasteiger charge is 2.32. The molecule has 2 aliphatic rings. The van der Waals surface area contributed by atoms with Crippen LogP contribution in [0.5, 0.6) is 0 Å². The zero-order valence-corrected chi connectivity index (χ0v) is 12.8. The van der Waals surface area contributed by atoms with Crippen molar-refractivity contribution in [3.05, 3.63) is 0 Å². The highest BCUT2D eigenvalue weighted by atomic mass is 15.2. The molecule has 0 aromatic rings. The molecule has 3 nitrogen and oxygen atoms in total. The topological polar surface area (TPSA) is 39.1 Å². The molecule has 0 amide bonds. The summed E-state index contributed by atoms with van der Waals surface area (Å²) < 4.78 is 0. The number of rotatable bonds is 6. The Hall–Kier alpha value is -0.590. The molecular formula is C16H29N3. The molecule has 2 fully saturated rings. The minimum absolute atomic E-state index is 0.316. The molecular weight excluding hydrogens is 234 g/mol. The van der Waals surface area contributed by atoms with E-state index in [0.29, 0.717) is 18.1 Å². The fraction of sp³-hybridized carbons (Fsp3) is 0.938. The first-order valence-corrected chi connectivity index (χ1v) is 7.99. The van der Waals surface area contributed by atoms with Crippen LogP contribution in [0.3, 0.4) is 0 Å². The van der Waals surface area contributed by atoms with Gasteiger partial charge >= 0.3 is 0 Å². The summed E-state index contributed by atoms with van der Waals surface area (Å²) in [5, 5.41) is 12.9. The van der Waals surface area contributed by atoms with Crippen molar-refractivity contribution in [3.8, 4) is 6.07 Å². The van der Waals surface area contributed by atoms with E-state index in [0.717, 1.165) is 19.4 Å². The highest BCUT2D eigenvalue weighted by molar-refractivity contribution is 5.07. The molecule has 108 valence electrons. The predicted molar refractivity (Wildman–Crippen MR) is 78.9 cm³/mol. The van der Waals surface area contributed by atoms with Crippen molar-refractivity contribution >= 4 is 0 Å². The summed E-state index contributed by atoms with van der Waals surface area (Å²) in [5.41, 5.74) is -0.316. The summed E-state index contributed by atoms with van der Waals surface area (Å²) in [6, 6.07) is 4.52. The van der Waals surface area contributed by atoms with Gasteiger partial charge in [0.1, 0.15) is 5.54 Å². The van der Waals surface area contributed by atoms with Crippen LogP contribution >= 0.6 is 0 Å². The van der Waals surface area contributed by atoms with Gasteiger partial charge in [0.2, 0.25) is 0 Å². The second-order valence-corrected chi connectivity index (χ2v) is 6.83. The number of hydrogen-bond acceptors (Lipinski definition) is 3. The first-order valence-electron chi connectivity index (χ1n) is 7.99. The second kappa shape index (κ2) is 6.24. The third-order valence-electron chi connectivity index (χ3n) is 4.82. The van der Waals surface area contributed by atoms with Gasteiger partial charge in [0.05, 0.1) is 6.07 Å². The molecule has 0 bridgehead atoms. The lowest BCUT2D eigenvalue weighted by atomic mass is 9.94. The Labute approximate surface area is 118 Å². The fourth-order valence-corrected chi connectivity index (χ4v) is 3.37. The Morgan fingerprint density at radius 3 is 2.37 bits per heavy atom. The van der Waals surface area contributed by atoms with Gasteiger partial charge in [-0.05, 0) is 65.8 Å². The third-order valence-corrected chi connectivity index (χ3v) is 4.82. The molecule has 0 aromatic carbocycles. The Morgan fingerprint density at radius 1 is 1.21 bits per heavy atom. The van der Waals surface area contributed by atoms with Crippen molar-refractivity contribution in [2.75, 3.05) is 6.54 Å². The molecule has 0 radical (unpaired) electrons. The van der Waals surface area contributed by atoms with E-state index in [4.69, 9.17) is 0 Å². The van der Waals surface area contributed by atoms with Gasteiger partial charge < -0.3 is 0 Å². The highest BCUT2D eigenvalue weighted by Crippen LogP contribution is 2.26.